The molecule has 1 aromatic rings. The van der Waals surface area contributed by atoms with E-state index in [1.165, 1.54) is 6.42 Å². The SMILES string of the molecule is CSc1ccccc1C(=O)N1[C@H](C)CCC[C@H]1C. The van der Waals surface area contributed by atoms with Gasteiger partial charge in [0.1, 0.15) is 0 Å². The maximum absolute atomic E-state index is 12.7. The lowest BCUT2D eigenvalue weighted by Crippen LogP contribution is -2.47. The Kier molecular flexibility index (Phi) is 4.33. The maximum Gasteiger partial charge on any atom is 0.255 e. The summed E-state index contributed by atoms with van der Waals surface area (Å²) in [6.45, 7) is 4.32. The van der Waals surface area contributed by atoms with E-state index < -0.39 is 0 Å². The van der Waals surface area contributed by atoms with E-state index in [0.29, 0.717) is 12.1 Å². The number of likely N-dealkylation sites (tertiary alicyclic amines) is 1. The number of piperidine rings is 1. The molecule has 0 radical (unpaired) electrons. The van der Waals surface area contributed by atoms with Crippen molar-refractivity contribution in [2.45, 2.75) is 50.1 Å². The Hall–Kier alpha value is -0.960. The van der Waals surface area contributed by atoms with E-state index in [-0.39, 0.29) is 5.91 Å². The normalized spacial score (nSPS) is 24.1. The summed E-state index contributed by atoms with van der Waals surface area (Å²) in [5, 5.41) is 0. The maximum atomic E-state index is 12.7. The fourth-order valence-corrected chi connectivity index (χ4v) is 3.37. The lowest BCUT2D eigenvalue weighted by molar-refractivity contribution is 0.0507. The second kappa shape index (κ2) is 5.79. The Balaban J connectivity index is 2.29. The van der Waals surface area contributed by atoms with Crippen LogP contribution in [0, 0.1) is 0 Å². The number of benzene rings is 1. The Bertz CT molecular complexity index is 422. The van der Waals surface area contributed by atoms with E-state index in [2.05, 4.69) is 18.7 Å². The highest BCUT2D eigenvalue weighted by atomic mass is 32.2. The minimum Gasteiger partial charge on any atom is -0.333 e. The third-order valence-electron chi connectivity index (χ3n) is 3.77. The Morgan fingerprint density at radius 2 is 1.83 bits per heavy atom. The minimum atomic E-state index is 0.194. The van der Waals surface area contributed by atoms with E-state index in [1.807, 2.05) is 30.5 Å². The van der Waals surface area contributed by atoms with Gasteiger partial charge in [-0.1, -0.05) is 12.1 Å². The van der Waals surface area contributed by atoms with Crippen LogP contribution in [-0.2, 0) is 0 Å². The summed E-state index contributed by atoms with van der Waals surface area (Å²) in [6, 6.07) is 8.63. The van der Waals surface area contributed by atoms with E-state index in [4.69, 9.17) is 0 Å². The van der Waals surface area contributed by atoms with Gasteiger partial charge in [-0.2, -0.15) is 0 Å². The van der Waals surface area contributed by atoms with Crippen LogP contribution in [0.25, 0.3) is 0 Å². The smallest absolute Gasteiger partial charge is 0.255 e. The van der Waals surface area contributed by atoms with Gasteiger partial charge in [0.25, 0.3) is 5.91 Å². The zero-order chi connectivity index (χ0) is 13.1. The molecular formula is C15H21NOS. The highest BCUT2D eigenvalue weighted by Crippen LogP contribution is 2.28. The van der Waals surface area contributed by atoms with Gasteiger partial charge in [-0.25, -0.2) is 0 Å². The van der Waals surface area contributed by atoms with Crippen LogP contribution in [0.2, 0.25) is 0 Å². The van der Waals surface area contributed by atoms with Gasteiger partial charge in [-0.15, -0.1) is 11.8 Å². The number of hydrogen-bond donors (Lipinski definition) is 0. The highest BCUT2D eigenvalue weighted by Gasteiger charge is 2.30. The van der Waals surface area contributed by atoms with Gasteiger partial charge < -0.3 is 4.90 Å². The quantitative estimate of drug-likeness (QED) is 0.756. The first-order valence-electron chi connectivity index (χ1n) is 6.61. The second-order valence-electron chi connectivity index (χ2n) is 5.04. The van der Waals surface area contributed by atoms with Crippen molar-refractivity contribution < 1.29 is 4.79 Å². The molecule has 0 aromatic heterocycles. The van der Waals surface area contributed by atoms with Crippen LogP contribution in [0.1, 0.15) is 43.5 Å². The van der Waals surface area contributed by atoms with E-state index >= 15 is 0 Å². The largest absolute Gasteiger partial charge is 0.333 e. The number of hydrogen-bond acceptors (Lipinski definition) is 2. The van der Waals surface area contributed by atoms with Crippen molar-refractivity contribution in [3.8, 4) is 0 Å². The topological polar surface area (TPSA) is 20.3 Å². The van der Waals surface area contributed by atoms with Gasteiger partial charge in [0.05, 0.1) is 5.56 Å². The monoisotopic (exact) mass is 263 g/mol. The van der Waals surface area contributed by atoms with Gasteiger partial charge >= 0.3 is 0 Å². The molecule has 0 unspecified atom stereocenters. The van der Waals surface area contributed by atoms with Crippen LogP contribution in [0.3, 0.4) is 0 Å². The lowest BCUT2D eigenvalue weighted by atomic mass is 9.96. The van der Waals surface area contributed by atoms with Crippen LogP contribution in [-0.4, -0.2) is 29.1 Å². The van der Waals surface area contributed by atoms with Crippen molar-refractivity contribution in [1.29, 1.82) is 0 Å². The van der Waals surface area contributed by atoms with E-state index in [1.54, 1.807) is 11.8 Å². The van der Waals surface area contributed by atoms with Crippen molar-refractivity contribution in [3.05, 3.63) is 29.8 Å². The first-order chi connectivity index (χ1) is 8.65. The number of rotatable bonds is 2. The average molecular weight is 263 g/mol. The number of amides is 1. The summed E-state index contributed by atoms with van der Waals surface area (Å²) >= 11 is 1.64. The Morgan fingerprint density at radius 3 is 2.44 bits per heavy atom. The molecule has 2 atom stereocenters. The van der Waals surface area contributed by atoms with Gasteiger partial charge in [-0.05, 0) is 51.5 Å². The third-order valence-corrected chi connectivity index (χ3v) is 4.56. The highest BCUT2D eigenvalue weighted by molar-refractivity contribution is 7.98. The van der Waals surface area contributed by atoms with Gasteiger partial charge in [0.2, 0.25) is 0 Å². The molecule has 2 rings (SSSR count). The minimum absolute atomic E-state index is 0.194. The van der Waals surface area contributed by atoms with Crippen LogP contribution in [0.4, 0.5) is 0 Å². The van der Waals surface area contributed by atoms with E-state index in [9.17, 15) is 4.79 Å². The van der Waals surface area contributed by atoms with Crippen molar-refractivity contribution in [2.24, 2.45) is 0 Å². The van der Waals surface area contributed by atoms with Crippen LogP contribution < -0.4 is 0 Å². The average Bonchev–Trinajstić information content (AvgIpc) is 2.38. The molecule has 0 aliphatic carbocycles. The molecule has 1 aromatic carbocycles. The number of carbonyl (C=O) groups excluding carboxylic acids is 1. The summed E-state index contributed by atoms with van der Waals surface area (Å²) in [6.07, 6.45) is 5.50. The predicted octanol–water partition coefficient (Wildman–Crippen LogP) is 3.81. The summed E-state index contributed by atoms with van der Waals surface area (Å²) < 4.78 is 0. The molecule has 1 aliphatic rings. The molecule has 1 aliphatic heterocycles. The first kappa shape index (κ1) is 13.5. The molecule has 2 nitrogen and oxygen atoms in total. The summed E-state index contributed by atoms with van der Waals surface area (Å²) in [5.41, 5.74) is 0.852. The van der Waals surface area contributed by atoms with Crippen molar-refractivity contribution in [1.82, 2.24) is 4.90 Å². The molecule has 0 saturated carbocycles. The van der Waals surface area contributed by atoms with Crippen molar-refractivity contribution >= 4 is 17.7 Å². The van der Waals surface area contributed by atoms with Crippen LogP contribution >= 0.6 is 11.8 Å². The molecular weight excluding hydrogens is 242 g/mol. The summed E-state index contributed by atoms with van der Waals surface area (Å²) in [5.74, 6) is 0.194. The molecule has 1 fully saturated rings. The first-order valence-corrected chi connectivity index (χ1v) is 7.83. The molecule has 1 heterocycles. The van der Waals surface area contributed by atoms with Gasteiger partial charge in [-0.3, -0.25) is 4.79 Å². The standard InChI is InChI=1S/C15H21NOS/c1-11-7-6-8-12(2)16(11)15(17)13-9-4-5-10-14(13)18-3/h4-5,9-12H,6-8H2,1-3H3/t11-,12-/m1/s1. The van der Waals surface area contributed by atoms with Crippen molar-refractivity contribution in [2.75, 3.05) is 6.26 Å². The fourth-order valence-electron chi connectivity index (χ4n) is 2.78. The summed E-state index contributed by atoms with van der Waals surface area (Å²) in [4.78, 5) is 15.9. The Morgan fingerprint density at radius 1 is 1.22 bits per heavy atom. The van der Waals surface area contributed by atoms with Gasteiger partial charge in [0, 0.05) is 17.0 Å². The molecule has 3 heteroatoms. The zero-order valence-electron chi connectivity index (χ0n) is 11.3. The lowest BCUT2D eigenvalue weighted by Gasteiger charge is -2.39. The zero-order valence-corrected chi connectivity index (χ0v) is 12.2. The molecule has 1 amide bonds. The number of thioether (sulfide) groups is 1. The molecule has 0 spiro atoms. The molecule has 0 N–H and O–H groups in total. The van der Waals surface area contributed by atoms with E-state index in [0.717, 1.165) is 23.3 Å². The number of carbonyl (C=O) groups is 1. The van der Waals surface area contributed by atoms with Crippen molar-refractivity contribution in [3.63, 3.8) is 0 Å². The van der Waals surface area contributed by atoms with Gasteiger partial charge in [0.15, 0.2) is 0 Å². The number of nitrogens with zero attached hydrogens (tertiary/aromatic N) is 1. The molecule has 0 bridgehead atoms. The Labute approximate surface area is 114 Å². The fraction of sp³-hybridized carbons (Fsp3) is 0.533. The third kappa shape index (κ3) is 2.56. The predicted molar refractivity (Wildman–Crippen MR) is 77.2 cm³/mol. The second-order valence-corrected chi connectivity index (χ2v) is 5.89. The molecule has 1 saturated heterocycles. The molecule has 98 valence electrons. The van der Waals surface area contributed by atoms with Crippen LogP contribution in [0.5, 0.6) is 0 Å². The summed E-state index contributed by atoms with van der Waals surface area (Å²) in [7, 11) is 0. The van der Waals surface area contributed by atoms with Crippen LogP contribution in [0.15, 0.2) is 29.2 Å². The molecule has 18 heavy (non-hydrogen) atoms.